The molecule has 24 heavy (non-hydrogen) atoms. The van der Waals surface area contributed by atoms with Crippen molar-refractivity contribution in [3.05, 3.63) is 24.5 Å². The normalized spacial score (nSPS) is 33.1. The van der Waals surface area contributed by atoms with Crippen molar-refractivity contribution < 1.29 is 14.3 Å². The van der Waals surface area contributed by atoms with Gasteiger partial charge >= 0.3 is 0 Å². The van der Waals surface area contributed by atoms with Crippen LogP contribution in [0.3, 0.4) is 0 Å². The number of piperazine rings is 1. The van der Waals surface area contributed by atoms with Crippen molar-refractivity contribution in [2.24, 2.45) is 0 Å². The van der Waals surface area contributed by atoms with Crippen LogP contribution < -0.4 is 10.2 Å². The average Bonchev–Trinajstić information content (AvgIpc) is 2.95. The van der Waals surface area contributed by atoms with Gasteiger partial charge in [0.25, 0.3) is 0 Å². The average molecular weight is 332 g/mol. The molecule has 1 aromatic rings. The number of aromatic nitrogens is 1. The van der Waals surface area contributed by atoms with Crippen LogP contribution in [0.1, 0.15) is 12.8 Å². The van der Waals surface area contributed by atoms with E-state index in [2.05, 4.69) is 15.2 Å². The fraction of sp³-hybridized carbons (Fsp3) is 0.647. The Kier molecular flexibility index (Phi) is 4.15. The van der Waals surface area contributed by atoms with Crippen molar-refractivity contribution in [3.8, 4) is 0 Å². The molecule has 1 aromatic heterocycles. The predicted octanol–water partition coefficient (Wildman–Crippen LogP) is 0.224. The number of nitrogens with one attached hydrogen (secondary N) is 1. The Morgan fingerprint density at radius 1 is 1.42 bits per heavy atom. The molecular weight excluding hydrogens is 308 g/mol. The predicted molar refractivity (Wildman–Crippen MR) is 88.7 cm³/mol. The number of ether oxygens (including phenoxy) is 2. The molecular formula is C17H24N4O3. The minimum Gasteiger partial charge on any atom is -0.383 e. The quantitative estimate of drug-likeness (QED) is 0.854. The maximum absolute atomic E-state index is 12.1. The Labute approximate surface area is 141 Å². The number of amides is 1. The molecule has 0 radical (unpaired) electrons. The Balaban J connectivity index is 1.53. The molecule has 7 heteroatoms. The van der Waals surface area contributed by atoms with Crippen molar-refractivity contribution in [2.45, 2.75) is 30.7 Å². The number of piperidine rings is 1. The van der Waals surface area contributed by atoms with Crippen LogP contribution in [-0.4, -0.2) is 73.6 Å². The number of pyridine rings is 1. The molecule has 3 saturated heterocycles. The third-order valence-corrected chi connectivity index (χ3v) is 5.32. The molecule has 3 atom stereocenters. The Hall–Kier alpha value is -1.70. The standard InChI is InChI=1S/C17H24N4O3/c1-23-11-14-8-17(4-7-20(14)13-2-5-18-6-3-13)12-21-15(22)9-19-10-16(21)24-17/h2-3,5-6,14,16,19H,4,7-12H2,1H3. The highest BCUT2D eigenvalue weighted by molar-refractivity contribution is 5.79. The van der Waals surface area contributed by atoms with Gasteiger partial charge in [0.15, 0.2) is 0 Å². The summed E-state index contributed by atoms with van der Waals surface area (Å²) >= 11 is 0. The minimum absolute atomic E-state index is 0.123. The molecule has 7 nitrogen and oxygen atoms in total. The second kappa shape index (κ2) is 6.31. The molecule has 4 rings (SSSR count). The maximum atomic E-state index is 12.1. The maximum Gasteiger partial charge on any atom is 0.238 e. The van der Waals surface area contributed by atoms with Gasteiger partial charge < -0.3 is 24.6 Å². The molecule has 4 heterocycles. The van der Waals surface area contributed by atoms with E-state index in [-0.39, 0.29) is 23.8 Å². The molecule has 0 saturated carbocycles. The van der Waals surface area contributed by atoms with Gasteiger partial charge in [0.2, 0.25) is 5.91 Å². The van der Waals surface area contributed by atoms with Gasteiger partial charge in [-0.05, 0) is 18.6 Å². The van der Waals surface area contributed by atoms with E-state index in [1.165, 1.54) is 0 Å². The number of carbonyl (C=O) groups is 1. The summed E-state index contributed by atoms with van der Waals surface area (Å²) < 4.78 is 11.8. The summed E-state index contributed by atoms with van der Waals surface area (Å²) in [6.45, 7) is 3.37. The Morgan fingerprint density at radius 3 is 3.00 bits per heavy atom. The van der Waals surface area contributed by atoms with Gasteiger partial charge in [-0.15, -0.1) is 0 Å². The van der Waals surface area contributed by atoms with Gasteiger partial charge in [0, 0.05) is 44.7 Å². The van der Waals surface area contributed by atoms with Gasteiger partial charge in [-0.1, -0.05) is 0 Å². The molecule has 0 bridgehead atoms. The van der Waals surface area contributed by atoms with Crippen LogP contribution in [0.15, 0.2) is 24.5 Å². The van der Waals surface area contributed by atoms with E-state index in [9.17, 15) is 4.79 Å². The third-order valence-electron chi connectivity index (χ3n) is 5.32. The van der Waals surface area contributed by atoms with Crippen molar-refractivity contribution >= 4 is 11.6 Å². The second-order valence-electron chi connectivity index (χ2n) is 6.87. The Morgan fingerprint density at radius 2 is 2.25 bits per heavy atom. The first-order valence-corrected chi connectivity index (χ1v) is 8.54. The first-order chi connectivity index (χ1) is 11.7. The second-order valence-corrected chi connectivity index (χ2v) is 6.87. The van der Waals surface area contributed by atoms with E-state index in [0.717, 1.165) is 31.6 Å². The summed E-state index contributed by atoms with van der Waals surface area (Å²) in [5.74, 6) is 0.142. The van der Waals surface area contributed by atoms with E-state index < -0.39 is 0 Å². The van der Waals surface area contributed by atoms with Gasteiger partial charge in [0.1, 0.15) is 6.23 Å². The topological polar surface area (TPSA) is 66.9 Å². The lowest BCUT2D eigenvalue weighted by Gasteiger charge is -2.45. The van der Waals surface area contributed by atoms with E-state index in [0.29, 0.717) is 19.7 Å². The summed E-state index contributed by atoms with van der Waals surface area (Å²) in [5, 5.41) is 3.14. The number of nitrogens with zero attached hydrogens (tertiary/aromatic N) is 3. The van der Waals surface area contributed by atoms with Crippen molar-refractivity contribution in [1.29, 1.82) is 0 Å². The summed E-state index contributed by atoms with van der Waals surface area (Å²) in [7, 11) is 1.73. The van der Waals surface area contributed by atoms with Crippen LogP contribution in [0.25, 0.3) is 0 Å². The van der Waals surface area contributed by atoms with Crippen LogP contribution in [0.5, 0.6) is 0 Å². The zero-order valence-electron chi connectivity index (χ0n) is 14.0. The zero-order chi connectivity index (χ0) is 16.6. The Bertz CT molecular complexity index is 599. The largest absolute Gasteiger partial charge is 0.383 e. The first kappa shape index (κ1) is 15.8. The first-order valence-electron chi connectivity index (χ1n) is 8.54. The van der Waals surface area contributed by atoms with Crippen LogP contribution in [-0.2, 0) is 14.3 Å². The minimum atomic E-state index is -0.251. The summed E-state index contributed by atoms with van der Waals surface area (Å²) in [5.41, 5.74) is 0.911. The van der Waals surface area contributed by atoms with Gasteiger partial charge in [-0.2, -0.15) is 0 Å². The van der Waals surface area contributed by atoms with Crippen molar-refractivity contribution in [3.63, 3.8) is 0 Å². The van der Waals surface area contributed by atoms with E-state index in [4.69, 9.17) is 9.47 Å². The molecule has 3 fully saturated rings. The molecule has 1 spiro atoms. The van der Waals surface area contributed by atoms with Gasteiger partial charge in [0.05, 0.1) is 31.3 Å². The molecule has 3 aliphatic heterocycles. The fourth-order valence-electron chi connectivity index (χ4n) is 4.22. The molecule has 3 unspecified atom stereocenters. The number of rotatable bonds is 3. The summed E-state index contributed by atoms with van der Waals surface area (Å²) in [4.78, 5) is 20.5. The lowest BCUT2D eigenvalue weighted by atomic mass is 9.86. The number of hydrogen-bond acceptors (Lipinski definition) is 6. The van der Waals surface area contributed by atoms with Crippen molar-refractivity contribution in [1.82, 2.24) is 15.2 Å². The third kappa shape index (κ3) is 2.76. The summed E-state index contributed by atoms with van der Waals surface area (Å²) in [6.07, 6.45) is 5.29. The number of carbonyl (C=O) groups excluding carboxylic acids is 1. The highest BCUT2D eigenvalue weighted by atomic mass is 16.5. The van der Waals surface area contributed by atoms with Crippen LogP contribution in [0.4, 0.5) is 5.69 Å². The monoisotopic (exact) mass is 332 g/mol. The molecule has 130 valence electrons. The smallest absolute Gasteiger partial charge is 0.238 e. The van der Waals surface area contributed by atoms with Gasteiger partial charge in [-0.3, -0.25) is 9.78 Å². The fourth-order valence-corrected chi connectivity index (χ4v) is 4.22. The number of methoxy groups -OCH3 is 1. The van der Waals surface area contributed by atoms with Gasteiger partial charge in [-0.25, -0.2) is 0 Å². The molecule has 1 N–H and O–H groups in total. The number of hydrogen-bond donors (Lipinski definition) is 1. The molecule has 1 amide bonds. The lowest BCUT2D eigenvalue weighted by molar-refractivity contribution is -0.140. The highest BCUT2D eigenvalue weighted by Crippen LogP contribution is 2.39. The molecule has 0 aliphatic carbocycles. The highest BCUT2D eigenvalue weighted by Gasteiger charge is 2.51. The van der Waals surface area contributed by atoms with Crippen LogP contribution >= 0.6 is 0 Å². The number of anilines is 1. The van der Waals surface area contributed by atoms with Crippen LogP contribution in [0, 0.1) is 0 Å². The summed E-state index contributed by atoms with van der Waals surface area (Å²) in [6, 6.07) is 4.30. The number of fused-ring (bicyclic) bond motifs is 1. The van der Waals surface area contributed by atoms with Crippen LogP contribution in [0.2, 0.25) is 0 Å². The van der Waals surface area contributed by atoms with E-state index >= 15 is 0 Å². The van der Waals surface area contributed by atoms with Crippen molar-refractivity contribution in [2.75, 3.05) is 44.8 Å². The van der Waals surface area contributed by atoms with E-state index in [1.807, 2.05) is 29.4 Å². The zero-order valence-corrected chi connectivity index (χ0v) is 14.0. The SMILES string of the molecule is COCC1CC2(CCN1c1ccncc1)CN1C(=O)CNCC1O2. The van der Waals surface area contributed by atoms with E-state index in [1.54, 1.807) is 7.11 Å². The molecule has 0 aromatic carbocycles. The molecule has 3 aliphatic rings. The lowest BCUT2D eigenvalue weighted by Crippen LogP contribution is -2.54.